The van der Waals surface area contributed by atoms with Crippen LogP contribution in [0.1, 0.15) is 128 Å². The van der Waals surface area contributed by atoms with Crippen LogP contribution in [0.15, 0.2) is 0 Å². The van der Waals surface area contributed by atoms with Crippen molar-refractivity contribution in [1.82, 2.24) is 0 Å². The third-order valence-corrected chi connectivity index (χ3v) is 36.0. The van der Waals surface area contributed by atoms with Gasteiger partial charge in [-0.2, -0.15) is 0 Å². The number of hydrogen-bond donors (Lipinski definition) is 0. The predicted octanol–water partition coefficient (Wildman–Crippen LogP) is -5.08. The molecule has 9 aliphatic carbocycles. The van der Waals surface area contributed by atoms with E-state index in [0.717, 1.165) is 0 Å². The lowest BCUT2D eigenvalue weighted by Crippen LogP contribution is -2.77. The molecule has 0 amide bonds. The second kappa shape index (κ2) is 30.6. The molecule has 0 bridgehead atoms. The topological polar surface area (TPSA) is 771 Å². The zero-order chi connectivity index (χ0) is 104. The summed E-state index contributed by atoms with van der Waals surface area (Å²) in [4.78, 5) is 411. The molecule has 17 heterocycles. The zero-order valence-corrected chi connectivity index (χ0v) is 75.1. The van der Waals surface area contributed by atoms with Crippen LogP contribution < -0.4 is 0 Å². The highest BCUT2D eigenvalue weighted by Crippen LogP contribution is 2.85. The molecule has 0 aromatic carbocycles. The van der Waals surface area contributed by atoms with Gasteiger partial charge in [0.05, 0.1) is 204 Å². The Balaban J connectivity index is 0.000000106. The van der Waals surface area contributed by atoms with E-state index in [2.05, 4.69) is 80.5 Å². The molecule has 53 heteroatoms. The molecule has 17 aliphatic heterocycles. The molecular formula is C89H72O53. The molecule has 746 valence electrons. The van der Waals surface area contributed by atoms with Crippen LogP contribution >= 0.6 is 0 Å². The number of ether oxygens (including phenoxy) is 17. The van der Waals surface area contributed by atoms with Crippen LogP contribution in [-0.4, -0.2) is 215 Å². The first-order valence-corrected chi connectivity index (χ1v) is 43.9. The number of ketones is 2. The number of fused-ring (bicyclic) bond motifs is 28. The third kappa shape index (κ3) is 11.5. The van der Waals surface area contributed by atoms with Crippen LogP contribution in [0, 0.1) is 196 Å². The SMILES string of the molecule is CC12C(=O)OC(=O)C1(C)C1(C)C(=O)OC(=O)C21C.CC12C(=O)OC(=O)C1(C)C1(C)C(=O)OC(=O)C21C.CC12C(=O)OC(=O)C1C1(C)C(=O)OC(=O)C21.CC12C(=O)OC(=O)C1C1C(=O)OC(=O)C12.O=C1CC(=O)C2C1CC1C(=O)OC(=O)C12.O=C1CC(C2CC(=O)OC2=O)C(=O)O1.O=C1CC2C(CC3C(=O)OC(=O)C32)C(=O)O1.O=C1OC(=O)C2C1C1C(=O)OC(=O)C21.O=C1OC(=O)C2CC3C(=O)OC(=O)C3CC12. The minimum Gasteiger partial charge on any atom is -0.393 e. The van der Waals surface area contributed by atoms with Crippen molar-refractivity contribution in [1.29, 1.82) is 0 Å². The minimum atomic E-state index is -1.35. The predicted molar refractivity (Wildman–Crippen MR) is 405 cm³/mol. The molecule has 0 N–H and O–H groups in total. The van der Waals surface area contributed by atoms with Gasteiger partial charge in [0.2, 0.25) is 0 Å². The molecule has 18 atom stereocenters. The van der Waals surface area contributed by atoms with Crippen LogP contribution in [0.25, 0.3) is 0 Å². The maximum absolute atomic E-state index is 12.0. The van der Waals surface area contributed by atoms with Gasteiger partial charge in [0.25, 0.3) is 0 Å². The Labute approximate surface area is 787 Å². The number of rotatable bonds is 1. The van der Waals surface area contributed by atoms with E-state index in [1.807, 2.05) is 0 Å². The summed E-state index contributed by atoms with van der Waals surface area (Å²) >= 11 is 0. The second-order valence-electron chi connectivity index (χ2n) is 40.7. The van der Waals surface area contributed by atoms with Crippen LogP contribution in [0.5, 0.6) is 0 Å². The molecule has 0 spiro atoms. The summed E-state index contributed by atoms with van der Waals surface area (Å²) < 4.78 is 76.3. The number of hydrogen-bond acceptors (Lipinski definition) is 53. The van der Waals surface area contributed by atoms with Crippen molar-refractivity contribution >= 4 is 215 Å². The first-order chi connectivity index (χ1) is 65.9. The Kier molecular flexibility index (Phi) is 20.9. The standard InChI is InChI=1S/2C12H12O6.3C10H8O6.C10H8O5.C9H6O6.C8H4O6.C8H6O6/c2*1-9-5(13)17-6(14)10(9,2)12(4)8(16)18-7(15)11(9,12)3;1-9-3(5(11)15-7(9)13)10(2)4(9)6(12)16-8(10)14;11-6-2-3-4(8(12)15-6)1-5-7(3)10(14)16-9(5)13;11-7-3-1-4-6(10(14)16-8(4)12)2-5(3)9(13)15-7;11-5-2-6(12)7-3(5)1-4-8(7)10(14)15-9(4)13;1-9-3-2(5(10)14-6(3)11)4(9)7(12)15-8(9)13;9-5-1-2(6(10)13-5)4-3(1)7(11)14-8(4)12;9-5-1-3(7(11)13-5)4-2-6(10)14-8(4)12/h2*1-4H3;3-4H,1-2H3;3-5,7H,1-2H2;3-6H,1-2H2;3-4,7-8H,1-2H2;2-4H,1H3;1-4H;3-4H,1-2H2. The number of carbonyl (C=O) groups is 36. The van der Waals surface area contributed by atoms with Crippen LogP contribution in [0.2, 0.25) is 0 Å². The molecule has 26 fully saturated rings. The maximum Gasteiger partial charge on any atom is 0.321 e. The molecule has 26 aliphatic rings. The Bertz CT molecular complexity index is 5730. The van der Waals surface area contributed by atoms with Crippen LogP contribution in [0.3, 0.4) is 0 Å². The van der Waals surface area contributed by atoms with Gasteiger partial charge in [-0.1, -0.05) is 0 Å². The van der Waals surface area contributed by atoms with Crippen molar-refractivity contribution in [2.45, 2.75) is 128 Å². The van der Waals surface area contributed by atoms with E-state index in [1.165, 1.54) is 76.2 Å². The number of cyclic esters (lactones) is 34. The fourth-order valence-electron chi connectivity index (χ4n) is 27.3. The van der Waals surface area contributed by atoms with Crippen molar-refractivity contribution in [3.8, 4) is 0 Å². The summed E-state index contributed by atoms with van der Waals surface area (Å²) in [6.07, 6.45) is 0.573. The van der Waals surface area contributed by atoms with E-state index >= 15 is 0 Å². The van der Waals surface area contributed by atoms with Gasteiger partial charge >= 0.3 is 203 Å². The highest BCUT2D eigenvalue weighted by Gasteiger charge is 2.99. The number of Topliss-reactive ketones (excluding diaryl/α,β-unsaturated/α-hetero) is 2. The fourth-order valence-corrected chi connectivity index (χ4v) is 27.3. The summed E-state index contributed by atoms with van der Waals surface area (Å²) in [5, 5.41) is 0. The van der Waals surface area contributed by atoms with Gasteiger partial charge < -0.3 is 80.5 Å². The van der Waals surface area contributed by atoms with Gasteiger partial charge in [0.15, 0.2) is 0 Å². The molecule has 53 nitrogen and oxygen atoms in total. The molecule has 17 saturated heterocycles. The van der Waals surface area contributed by atoms with Gasteiger partial charge in [0, 0.05) is 11.8 Å². The highest BCUT2D eigenvalue weighted by molar-refractivity contribution is 6.22. The summed E-state index contributed by atoms with van der Waals surface area (Å²) in [5.74, 6) is -39.7. The van der Waals surface area contributed by atoms with Gasteiger partial charge in [-0.3, -0.25) is 173 Å². The Morgan fingerprint density at radius 2 is 0.401 bits per heavy atom. The quantitative estimate of drug-likeness (QED) is 0.135. The average Bonchev–Trinajstić information content (AvgIpc) is 1.44. The summed E-state index contributed by atoms with van der Waals surface area (Å²) in [5.41, 5.74) is -14.5. The summed E-state index contributed by atoms with van der Waals surface area (Å²) in [6.45, 7) is 16.3. The van der Waals surface area contributed by atoms with E-state index in [0.29, 0.717) is 6.42 Å². The Hall–Kier alpha value is -15.3. The van der Waals surface area contributed by atoms with Crippen LogP contribution in [0.4, 0.5) is 0 Å². The average molecular weight is 1990 g/mol. The number of esters is 34. The third-order valence-electron chi connectivity index (χ3n) is 36.0. The molecule has 0 radical (unpaired) electrons. The van der Waals surface area contributed by atoms with Crippen molar-refractivity contribution < 1.29 is 253 Å². The Morgan fingerprint density at radius 1 is 0.169 bits per heavy atom. The van der Waals surface area contributed by atoms with Crippen molar-refractivity contribution in [3.05, 3.63) is 0 Å². The van der Waals surface area contributed by atoms with E-state index in [1.54, 1.807) is 0 Å². The molecule has 0 aromatic heterocycles. The lowest BCUT2D eigenvalue weighted by Gasteiger charge is -2.65. The highest BCUT2D eigenvalue weighted by atomic mass is 16.7. The molecule has 26 rings (SSSR count). The smallest absolute Gasteiger partial charge is 0.321 e. The van der Waals surface area contributed by atoms with E-state index in [-0.39, 0.29) is 56.5 Å². The van der Waals surface area contributed by atoms with E-state index in [9.17, 15) is 173 Å². The zero-order valence-electron chi connectivity index (χ0n) is 75.1. The van der Waals surface area contributed by atoms with E-state index < -0.39 is 399 Å². The van der Waals surface area contributed by atoms with E-state index in [4.69, 9.17) is 0 Å². The van der Waals surface area contributed by atoms with Gasteiger partial charge in [0.1, 0.15) is 11.6 Å². The molecule has 9 saturated carbocycles. The van der Waals surface area contributed by atoms with Gasteiger partial charge in [-0.05, 0) is 108 Å². The fraction of sp³-hybridized carbons (Fsp3) is 0.596. The molecule has 142 heavy (non-hydrogen) atoms. The van der Waals surface area contributed by atoms with Crippen molar-refractivity contribution in [2.24, 2.45) is 196 Å². The first kappa shape index (κ1) is 97.0. The van der Waals surface area contributed by atoms with Crippen molar-refractivity contribution in [2.75, 3.05) is 0 Å². The summed E-state index contributed by atoms with van der Waals surface area (Å²) in [7, 11) is 0. The maximum atomic E-state index is 12.0. The van der Waals surface area contributed by atoms with Gasteiger partial charge in [-0.15, -0.1) is 0 Å². The molecule has 0 aromatic rings. The minimum absolute atomic E-state index is 0.0138. The first-order valence-electron chi connectivity index (χ1n) is 43.9. The molecule has 18 unspecified atom stereocenters. The largest absolute Gasteiger partial charge is 0.393 e. The number of carbonyl (C=O) groups excluding carboxylic acids is 36. The van der Waals surface area contributed by atoms with Crippen molar-refractivity contribution in [3.63, 3.8) is 0 Å². The lowest BCUT2D eigenvalue weighted by molar-refractivity contribution is -0.243. The van der Waals surface area contributed by atoms with Gasteiger partial charge in [-0.25, -0.2) is 0 Å². The Morgan fingerprint density at radius 3 is 0.732 bits per heavy atom. The normalized spacial score (nSPS) is 45.5. The lowest BCUT2D eigenvalue weighted by atomic mass is 9.27. The van der Waals surface area contributed by atoms with Crippen LogP contribution in [-0.2, 0) is 253 Å². The summed E-state index contributed by atoms with van der Waals surface area (Å²) in [6, 6.07) is 0. The monoisotopic (exact) mass is 1990 g/mol. The second-order valence-corrected chi connectivity index (χ2v) is 40.7. The molecular weight excluding hydrogens is 1920 g/mol.